The molecule has 0 aliphatic heterocycles. The van der Waals surface area contributed by atoms with Crippen LogP contribution in [0.3, 0.4) is 0 Å². The van der Waals surface area contributed by atoms with Gasteiger partial charge in [-0.3, -0.25) is 10.1 Å². The maximum Gasteiger partial charge on any atom is 0.341 e. The molecule has 0 aliphatic carbocycles. The van der Waals surface area contributed by atoms with Crippen LogP contribution in [-0.4, -0.2) is 23.7 Å². The van der Waals surface area contributed by atoms with Gasteiger partial charge >= 0.3 is 5.97 Å². The minimum atomic E-state index is -0.450. The molecule has 2 aromatic heterocycles. The molecule has 0 saturated heterocycles. The third kappa shape index (κ3) is 3.72. The monoisotopic (exact) mass is 420 g/mol. The Hall–Kier alpha value is -3.78. The Balaban J connectivity index is 1.69. The van der Waals surface area contributed by atoms with E-state index in [2.05, 4.69) is 4.99 Å². The predicted molar refractivity (Wildman–Crippen MR) is 116 cm³/mol. The average molecular weight is 420 g/mol. The molecule has 0 unspecified atom stereocenters. The minimum absolute atomic E-state index is 0.0376. The Kier molecular flexibility index (Phi) is 5.40. The quantitative estimate of drug-likeness (QED) is 0.165. The van der Waals surface area contributed by atoms with E-state index in [0.717, 1.165) is 10.1 Å². The zero-order valence-corrected chi connectivity index (χ0v) is 16.7. The maximum absolute atomic E-state index is 12.5. The Morgan fingerprint density at radius 2 is 1.93 bits per heavy atom. The molecule has 0 fully saturated rings. The van der Waals surface area contributed by atoms with Gasteiger partial charge in [-0.1, -0.05) is 30.3 Å². The molecule has 4 rings (SSSR count). The van der Waals surface area contributed by atoms with Gasteiger partial charge in [-0.05, 0) is 31.2 Å². The summed E-state index contributed by atoms with van der Waals surface area (Å²) in [7, 11) is 0. The van der Waals surface area contributed by atoms with E-state index in [0.29, 0.717) is 27.6 Å². The molecule has 7 nitrogen and oxygen atoms in total. The van der Waals surface area contributed by atoms with Crippen LogP contribution in [0.4, 0.5) is 10.7 Å². The molecule has 30 heavy (non-hydrogen) atoms. The van der Waals surface area contributed by atoms with Gasteiger partial charge in [0, 0.05) is 16.2 Å². The SMILES string of the molecule is CCOC(=O)c1c(N=Cc2ccc(-c3ccccc3[N+](=O)[O-])o2)sc2ccccc12. The molecule has 2 heterocycles. The van der Waals surface area contributed by atoms with Gasteiger partial charge in [0.1, 0.15) is 22.1 Å². The van der Waals surface area contributed by atoms with Crippen LogP contribution < -0.4 is 0 Å². The first kappa shape index (κ1) is 19.5. The average Bonchev–Trinajstić information content (AvgIpc) is 3.36. The molecule has 0 spiro atoms. The van der Waals surface area contributed by atoms with E-state index in [9.17, 15) is 14.9 Å². The summed E-state index contributed by atoms with van der Waals surface area (Å²) in [6.45, 7) is 2.02. The number of nitro benzene ring substituents is 1. The number of nitrogens with zero attached hydrogens (tertiary/aromatic N) is 2. The highest BCUT2D eigenvalue weighted by Crippen LogP contribution is 2.38. The molecule has 0 amide bonds. The van der Waals surface area contributed by atoms with Crippen LogP contribution in [0.2, 0.25) is 0 Å². The normalized spacial score (nSPS) is 11.2. The number of carbonyl (C=O) groups excluding carboxylic acids is 1. The van der Waals surface area contributed by atoms with Gasteiger partial charge in [0.2, 0.25) is 0 Å². The smallest absolute Gasteiger partial charge is 0.341 e. The number of benzene rings is 2. The van der Waals surface area contributed by atoms with E-state index in [1.165, 1.54) is 23.6 Å². The number of nitro groups is 1. The molecule has 150 valence electrons. The van der Waals surface area contributed by atoms with E-state index in [4.69, 9.17) is 9.15 Å². The summed E-state index contributed by atoms with van der Waals surface area (Å²) >= 11 is 1.38. The maximum atomic E-state index is 12.5. The number of furan rings is 1. The number of carbonyl (C=O) groups is 1. The van der Waals surface area contributed by atoms with Gasteiger partial charge in [0.25, 0.3) is 5.69 Å². The Morgan fingerprint density at radius 1 is 1.17 bits per heavy atom. The fourth-order valence-electron chi connectivity index (χ4n) is 3.05. The molecule has 0 N–H and O–H groups in total. The molecule has 0 aliphatic rings. The largest absolute Gasteiger partial charge is 0.462 e. The molecule has 0 bridgehead atoms. The van der Waals surface area contributed by atoms with Gasteiger partial charge in [-0.2, -0.15) is 0 Å². The third-order valence-electron chi connectivity index (χ3n) is 4.36. The number of ether oxygens (including phenoxy) is 1. The van der Waals surface area contributed by atoms with Crippen molar-refractivity contribution in [3.05, 3.63) is 82.1 Å². The number of esters is 1. The molecule has 0 saturated carbocycles. The van der Waals surface area contributed by atoms with Gasteiger partial charge in [0.15, 0.2) is 0 Å². The number of fused-ring (bicyclic) bond motifs is 1. The Bertz CT molecular complexity index is 1270. The van der Waals surface area contributed by atoms with E-state index in [-0.39, 0.29) is 12.3 Å². The molecule has 0 atom stereocenters. The highest BCUT2D eigenvalue weighted by molar-refractivity contribution is 7.23. The van der Waals surface area contributed by atoms with Crippen LogP contribution in [0.1, 0.15) is 23.0 Å². The van der Waals surface area contributed by atoms with Crippen molar-refractivity contribution >= 4 is 44.3 Å². The van der Waals surface area contributed by atoms with Gasteiger partial charge < -0.3 is 9.15 Å². The lowest BCUT2D eigenvalue weighted by atomic mass is 10.1. The number of aliphatic imine (C=N–C) groups is 1. The van der Waals surface area contributed by atoms with Crippen molar-refractivity contribution in [1.82, 2.24) is 0 Å². The standard InChI is InChI=1S/C22H16N2O5S/c1-2-28-22(25)20-16-8-4-6-10-19(16)30-21(20)23-13-14-11-12-18(29-14)15-7-3-5-9-17(15)24(26)27/h3-13H,2H2,1H3. The second kappa shape index (κ2) is 8.30. The van der Waals surface area contributed by atoms with Crippen molar-refractivity contribution in [1.29, 1.82) is 0 Å². The summed E-state index contributed by atoms with van der Waals surface area (Å²) in [5, 5.41) is 12.5. The van der Waals surface area contributed by atoms with Gasteiger partial charge in [-0.15, -0.1) is 11.3 Å². The highest BCUT2D eigenvalue weighted by atomic mass is 32.1. The number of rotatable bonds is 6. The van der Waals surface area contributed by atoms with Crippen molar-refractivity contribution in [2.24, 2.45) is 4.99 Å². The number of hydrogen-bond acceptors (Lipinski definition) is 7. The zero-order chi connectivity index (χ0) is 21.1. The van der Waals surface area contributed by atoms with Gasteiger partial charge in [0.05, 0.1) is 23.3 Å². The molecule has 4 aromatic rings. The summed E-state index contributed by atoms with van der Waals surface area (Å²) in [6.07, 6.45) is 1.49. The Morgan fingerprint density at radius 3 is 2.73 bits per heavy atom. The van der Waals surface area contributed by atoms with Crippen LogP contribution >= 0.6 is 11.3 Å². The lowest BCUT2D eigenvalue weighted by molar-refractivity contribution is -0.384. The predicted octanol–water partition coefficient (Wildman–Crippen LogP) is 6.00. The molecule has 0 radical (unpaired) electrons. The number of hydrogen-bond donors (Lipinski definition) is 0. The summed E-state index contributed by atoms with van der Waals surface area (Å²) in [5.41, 5.74) is 0.764. The van der Waals surface area contributed by atoms with Crippen molar-refractivity contribution < 1.29 is 18.9 Å². The van der Waals surface area contributed by atoms with Crippen molar-refractivity contribution in [2.45, 2.75) is 6.92 Å². The van der Waals surface area contributed by atoms with Crippen molar-refractivity contribution in [2.75, 3.05) is 6.61 Å². The first-order valence-electron chi connectivity index (χ1n) is 9.15. The highest BCUT2D eigenvalue weighted by Gasteiger charge is 2.20. The first-order chi connectivity index (χ1) is 14.6. The minimum Gasteiger partial charge on any atom is -0.462 e. The van der Waals surface area contributed by atoms with Crippen molar-refractivity contribution in [3.8, 4) is 11.3 Å². The summed E-state index contributed by atoms with van der Waals surface area (Å²) < 4.78 is 11.9. The van der Waals surface area contributed by atoms with Crippen LogP contribution in [0.15, 0.2) is 70.1 Å². The van der Waals surface area contributed by atoms with E-state index >= 15 is 0 Å². The lowest BCUT2D eigenvalue weighted by Crippen LogP contribution is -2.03. The fourth-order valence-corrected chi connectivity index (χ4v) is 4.09. The van der Waals surface area contributed by atoms with Crippen LogP contribution in [0.25, 0.3) is 21.4 Å². The van der Waals surface area contributed by atoms with E-state index in [1.807, 2.05) is 24.3 Å². The van der Waals surface area contributed by atoms with E-state index in [1.54, 1.807) is 37.3 Å². The molecular formula is C22H16N2O5S. The first-order valence-corrected chi connectivity index (χ1v) is 9.96. The zero-order valence-electron chi connectivity index (χ0n) is 15.9. The second-order valence-electron chi connectivity index (χ2n) is 6.23. The third-order valence-corrected chi connectivity index (χ3v) is 5.44. The Labute approximate surface area is 175 Å². The second-order valence-corrected chi connectivity index (χ2v) is 7.26. The van der Waals surface area contributed by atoms with Crippen molar-refractivity contribution in [3.63, 3.8) is 0 Å². The summed E-state index contributed by atoms with van der Waals surface area (Å²) in [5.74, 6) is 0.350. The summed E-state index contributed by atoms with van der Waals surface area (Å²) in [6, 6.07) is 17.2. The summed E-state index contributed by atoms with van der Waals surface area (Å²) in [4.78, 5) is 27.7. The number of thiophene rings is 1. The van der Waals surface area contributed by atoms with Crippen LogP contribution in [0, 0.1) is 10.1 Å². The fraction of sp³-hybridized carbons (Fsp3) is 0.0909. The van der Waals surface area contributed by atoms with Crippen LogP contribution in [0.5, 0.6) is 0 Å². The molecule has 8 heteroatoms. The van der Waals surface area contributed by atoms with E-state index < -0.39 is 10.9 Å². The molecular weight excluding hydrogens is 404 g/mol. The van der Waals surface area contributed by atoms with Crippen LogP contribution in [-0.2, 0) is 4.74 Å². The topological polar surface area (TPSA) is 94.9 Å². The van der Waals surface area contributed by atoms with Gasteiger partial charge in [-0.25, -0.2) is 9.79 Å². The number of para-hydroxylation sites is 1. The molecule has 2 aromatic carbocycles. The lowest BCUT2D eigenvalue weighted by Gasteiger charge is -2.01.